The minimum Gasteiger partial charge on any atom is -0.338 e. The molecule has 2 aromatic rings. The molecule has 0 aromatic carbocycles. The summed E-state index contributed by atoms with van der Waals surface area (Å²) in [6.45, 7) is 5.09. The molecule has 0 radical (unpaired) electrons. The average Bonchev–Trinajstić information content (AvgIpc) is 2.95. The zero-order valence-corrected chi connectivity index (χ0v) is 15.6. The van der Waals surface area contributed by atoms with Gasteiger partial charge in [-0.25, -0.2) is 4.68 Å². The minimum atomic E-state index is -0.157. The summed E-state index contributed by atoms with van der Waals surface area (Å²) < 4.78 is 1.26. The van der Waals surface area contributed by atoms with Crippen LogP contribution in [0.25, 0.3) is 10.2 Å². The van der Waals surface area contributed by atoms with Crippen LogP contribution >= 0.6 is 11.3 Å². The van der Waals surface area contributed by atoms with Crippen molar-refractivity contribution in [3.8, 4) is 0 Å². The van der Waals surface area contributed by atoms with Crippen molar-refractivity contribution >= 4 is 27.5 Å². The molecule has 4 rings (SSSR count). The highest BCUT2D eigenvalue weighted by Gasteiger charge is 2.26. The number of carbonyl (C=O) groups is 1. The molecule has 134 valence electrons. The van der Waals surface area contributed by atoms with E-state index >= 15 is 0 Å². The van der Waals surface area contributed by atoms with Crippen LogP contribution in [0.3, 0.4) is 0 Å². The highest BCUT2D eigenvalue weighted by molar-refractivity contribution is 7.18. The van der Waals surface area contributed by atoms with Crippen LogP contribution < -0.4 is 5.56 Å². The Morgan fingerprint density at radius 2 is 2.12 bits per heavy atom. The highest BCUT2D eigenvalue weighted by Crippen LogP contribution is 2.35. The zero-order valence-electron chi connectivity index (χ0n) is 14.8. The third-order valence-electron chi connectivity index (χ3n) is 5.59. The molecule has 0 spiro atoms. The van der Waals surface area contributed by atoms with Crippen molar-refractivity contribution < 1.29 is 4.79 Å². The number of carbonyl (C=O) groups excluding carboxylic acids is 1. The molecule has 1 amide bonds. The van der Waals surface area contributed by atoms with E-state index in [0.717, 1.165) is 55.5 Å². The lowest BCUT2D eigenvalue weighted by Crippen LogP contribution is -2.45. The fourth-order valence-corrected chi connectivity index (χ4v) is 5.40. The van der Waals surface area contributed by atoms with E-state index in [1.807, 2.05) is 4.90 Å². The predicted octanol–water partition coefficient (Wildman–Crippen LogP) is 2.38. The minimum absolute atomic E-state index is 0.00681. The number of nitrogens with zero attached hydrogens (tertiary/aromatic N) is 4. The Balaban J connectivity index is 1.65. The number of rotatable bonds is 2. The predicted molar refractivity (Wildman–Crippen MR) is 97.9 cm³/mol. The molecular formula is C18H24N4O2S. The average molecular weight is 360 g/mol. The molecule has 3 heterocycles. The van der Waals surface area contributed by atoms with Gasteiger partial charge in [-0.15, -0.1) is 16.4 Å². The molecule has 1 saturated heterocycles. The Bertz CT molecular complexity index is 872. The summed E-state index contributed by atoms with van der Waals surface area (Å²) in [6, 6.07) is 0.240. The second-order valence-electron chi connectivity index (χ2n) is 7.52. The van der Waals surface area contributed by atoms with Crippen LogP contribution in [0.4, 0.5) is 0 Å². The van der Waals surface area contributed by atoms with Crippen LogP contribution in [0.1, 0.15) is 50.0 Å². The first-order valence-electron chi connectivity index (χ1n) is 9.22. The van der Waals surface area contributed by atoms with Gasteiger partial charge in [0.15, 0.2) is 4.83 Å². The molecule has 0 N–H and O–H groups in total. The molecule has 2 aromatic heterocycles. The summed E-state index contributed by atoms with van der Waals surface area (Å²) in [6.07, 6.45) is 6.27. The summed E-state index contributed by atoms with van der Waals surface area (Å²) in [5, 5.41) is 8.99. The van der Waals surface area contributed by atoms with Gasteiger partial charge in [0.1, 0.15) is 6.54 Å². The van der Waals surface area contributed by atoms with Gasteiger partial charge in [0, 0.05) is 17.5 Å². The maximum Gasteiger partial charge on any atom is 0.279 e. The van der Waals surface area contributed by atoms with Crippen molar-refractivity contribution in [2.24, 2.45) is 5.92 Å². The lowest BCUT2D eigenvalue weighted by Gasteiger charge is -2.33. The first-order valence-corrected chi connectivity index (χ1v) is 10.0. The van der Waals surface area contributed by atoms with Gasteiger partial charge in [0.25, 0.3) is 5.56 Å². The Morgan fingerprint density at radius 1 is 1.28 bits per heavy atom. The van der Waals surface area contributed by atoms with Gasteiger partial charge in [0.2, 0.25) is 5.91 Å². The van der Waals surface area contributed by atoms with E-state index in [2.05, 4.69) is 24.2 Å². The topological polar surface area (TPSA) is 68.1 Å². The number of piperidine rings is 1. The van der Waals surface area contributed by atoms with Crippen LogP contribution in [0.15, 0.2) is 4.79 Å². The van der Waals surface area contributed by atoms with Crippen molar-refractivity contribution in [2.45, 2.75) is 65.0 Å². The number of aromatic nitrogens is 3. The monoisotopic (exact) mass is 360 g/mol. The Hall–Kier alpha value is -1.76. The summed E-state index contributed by atoms with van der Waals surface area (Å²) in [5.74, 6) is 0.624. The van der Waals surface area contributed by atoms with Crippen LogP contribution in [-0.4, -0.2) is 38.4 Å². The third kappa shape index (κ3) is 2.99. The second-order valence-corrected chi connectivity index (χ2v) is 8.60. The summed E-state index contributed by atoms with van der Waals surface area (Å²) in [5.41, 5.74) is 0.987. The SMILES string of the molecule is C[C@H]1CCc2c(sc3nnn(CC(=O)N4CCCC[C@H]4C)c(=O)c23)C1. The van der Waals surface area contributed by atoms with Gasteiger partial charge in [0.05, 0.1) is 5.39 Å². The smallest absolute Gasteiger partial charge is 0.279 e. The fourth-order valence-electron chi connectivity index (χ4n) is 4.08. The van der Waals surface area contributed by atoms with E-state index in [0.29, 0.717) is 11.3 Å². The van der Waals surface area contributed by atoms with Crippen LogP contribution in [0, 0.1) is 5.92 Å². The van der Waals surface area contributed by atoms with E-state index in [1.54, 1.807) is 11.3 Å². The molecule has 2 atom stereocenters. The second kappa shape index (κ2) is 6.52. The molecule has 0 bridgehead atoms. The fraction of sp³-hybridized carbons (Fsp3) is 0.667. The first-order chi connectivity index (χ1) is 12.0. The number of amides is 1. The zero-order chi connectivity index (χ0) is 17.6. The van der Waals surface area contributed by atoms with Crippen molar-refractivity contribution in [3.05, 3.63) is 20.8 Å². The van der Waals surface area contributed by atoms with Crippen LogP contribution in [-0.2, 0) is 24.2 Å². The molecule has 1 aliphatic carbocycles. The molecule has 0 saturated carbocycles. The maximum atomic E-state index is 12.9. The van der Waals surface area contributed by atoms with Gasteiger partial charge in [-0.3, -0.25) is 9.59 Å². The molecule has 7 heteroatoms. The summed E-state index contributed by atoms with van der Waals surface area (Å²) >= 11 is 1.59. The molecule has 2 aliphatic rings. The molecule has 6 nitrogen and oxygen atoms in total. The maximum absolute atomic E-state index is 12.9. The lowest BCUT2D eigenvalue weighted by molar-refractivity contribution is -0.135. The number of thiophene rings is 1. The van der Waals surface area contributed by atoms with E-state index in [9.17, 15) is 9.59 Å². The Kier molecular flexibility index (Phi) is 4.35. The summed E-state index contributed by atoms with van der Waals surface area (Å²) in [4.78, 5) is 29.5. The normalized spacial score (nSPS) is 23.7. The van der Waals surface area contributed by atoms with E-state index in [4.69, 9.17) is 0 Å². The first kappa shape index (κ1) is 16.7. The van der Waals surface area contributed by atoms with Crippen LogP contribution in [0.5, 0.6) is 0 Å². The van der Waals surface area contributed by atoms with E-state index < -0.39 is 0 Å². The number of hydrogen-bond donors (Lipinski definition) is 0. The van der Waals surface area contributed by atoms with Crippen LogP contribution in [0.2, 0.25) is 0 Å². The standard InChI is InChI=1S/C18H24N4O2S/c1-11-6-7-13-14(9-11)25-17-16(13)18(24)22(20-19-17)10-15(23)21-8-4-3-5-12(21)2/h11-12H,3-10H2,1-2H3/t11-,12+/m0/s1. The summed E-state index contributed by atoms with van der Waals surface area (Å²) in [7, 11) is 0. The van der Waals surface area contributed by atoms with Crippen molar-refractivity contribution in [2.75, 3.05) is 6.54 Å². The molecule has 1 fully saturated rings. The number of likely N-dealkylation sites (tertiary alicyclic amines) is 1. The van der Waals surface area contributed by atoms with Crippen molar-refractivity contribution in [1.29, 1.82) is 0 Å². The van der Waals surface area contributed by atoms with Gasteiger partial charge >= 0.3 is 0 Å². The molecule has 25 heavy (non-hydrogen) atoms. The van der Waals surface area contributed by atoms with Gasteiger partial charge < -0.3 is 4.90 Å². The molecule has 1 aliphatic heterocycles. The van der Waals surface area contributed by atoms with Crippen molar-refractivity contribution in [1.82, 2.24) is 19.9 Å². The third-order valence-corrected chi connectivity index (χ3v) is 6.73. The largest absolute Gasteiger partial charge is 0.338 e. The van der Waals surface area contributed by atoms with Gasteiger partial charge in [-0.1, -0.05) is 12.1 Å². The lowest BCUT2D eigenvalue weighted by atomic mass is 9.89. The Labute approximate surface area is 150 Å². The van der Waals surface area contributed by atoms with Gasteiger partial charge in [-0.2, -0.15) is 0 Å². The quantitative estimate of drug-likeness (QED) is 0.825. The van der Waals surface area contributed by atoms with Gasteiger partial charge in [-0.05, 0) is 56.9 Å². The molecular weight excluding hydrogens is 336 g/mol. The number of hydrogen-bond acceptors (Lipinski definition) is 5. The Morgan fingerprint density at radius 3 is 2.92 bits per heavy atom. The number of fused-ring (bicyclic) bond motifs is 3. The highest BCUT2D eigenvalue weighted by atomic mass is 32.1. The number of aryl methyl sites for hydroxylation is 1. The molecule has 0 unspecified atom stereocenters. The van der Waals surface area contributed by atoms with E-state index in [-0.39, 0.29) is 24.1 Å². The van der Waals surface area contributed by atoms with E-state index in [1.165, 1.54) is 9.56 Å². The van der Waals surface area contributed by atoms with Crippen molar-refractivity contribution in [3.63, 3.8) is 0 Å².